The Bertz CT molecular complexity index is 268. The highest BCUT2D eigenvalue weighted by Gasteiger charge is 2.32. The molecule has 0 atom stereocenters. The molecular weight excluding hydrogens is 256 g/mol. The number of carboxylic acid groups (broad SMARTS) is 1. The topological polar surface area (TPSA) is 66.8 Å². The summed E-state index contributed by atoms with van der Waals surface area (Å²) in [4.78, 5) is 11.0. The molecule has 0 saturated heterocycles. The summed E-state index contributed by atoms with van der Waals surface area (Å²) in [6.45, 7) is 9.54. The lowest BCUT2D eigenvalue weighted by Crippen LogP contribution is -2.33. The fourth-order valence-corrected chi connectivity index (χ4v) is 2.68. The molecule has 2 N–H and O–H groups in total. The van der Waals surface area contributed by atoms with Crippen molar-refractivity contribution in [2.24, 2.45) is 10.8 Å². The predicted molar refractivity (Wildman–Crippen MR) is 80.8 cm³/mol. The predicted octanol–water partition coefficient (Wildman–Crippen LogP) is 3.47. The van der Waals surface area contributed by atoms with E-state index in [1.807, 2.05) is 13.8 Å². The minimum absolute atomic E-state index is 0.0190. The van der Waals surface area contributed by atoms with Crippen molar-refractivity contribution in [3.63, 3.8) is 0 Å². The Kier molecular flexibility index (Phi) is 9.06. The van der Waals surface area contributed by atoms with Gasteiger partial charge in [-0.2, -0.15) is 0 Å². The van der Waals surface area contributed by atoms with Gasteiger partial charge in [-0.3, -0.25) is 4.79 Å². The van der Waals surface area contributed by atoms with Crippen LogP contribution in [-0.4, -0.2) is 36.0 Å². The maximum absolute atomic E-state index is 11.0. The zero-order chi connectivity index (χ0) is 15.6. The summed E-state index contributed by atoms with van der Waals surface area (Å²) >= 11 is 0. The van der Waals surface area contributed by atoms with Crippen LogP contribution in [0.4, 0.5) is 0 Å². The highest BCUT2D eigenvalue weighted by Crippen LogP contribution is 2.34. The number of aliphatic hydroxyl groups excluding tert-OH is 1. The van der Waals surface area contributed by atoms with Gasteiger partial charge in [0.2, 0.25) is 0 Å². The van der Waals surface area contributed by atoms with E-state index < -0.39 is 5.97 Å². The fourth-order valence-electron chi connectivity index (χ4n) is 2.68. The van der Waals surface area contributed by atoms with E-state index in [0.29, 0.717) is 13.2 Å². The van der Waals surface area contributed by atoms with Crippen molar-refractivity contribution >= 4 is 5.97 Å². The van der Waals surface area contributed by atoms with Crippen LogP contribution in [-0.2, 0) is 9.53 Å². The molecule has 4 heteroatoms. The van der Waals surface area contributed by atoms with Crippen LogP contribution in [0.25, 0.3) is 0 Å². The maximum atomic E-state index is 11.0. The summed E-state index contributed by atoms with van der Waals surface area (Å²) in [7, 11) is 0. The molecule has 0 fully saturated rings. The molecule has 0 unspecified atom stereocenters. The molecule has 120 valence electrons. The first-order chi connectivity index (χ1) is 9.43. The standard InChI is InChI=1S/C16H32O4/c1-5-15(6-2,9-10-17)12-20-13-16(7-3,8-4)11-14(18)19/h17H,5-13H2,1-4H3,(H,18,19). The second-order valence-corrected chi connectivity index (χ2v) is 5.95. The number of hydrogen-bond donors (Lipinski definition) is 2. The van der Waals surface area contributed by atoms with Gasteiger partial charge < -0.3 is 14.9 Å². The monoisotopic (exact) mass is 288 g/mol. The molecule has 0 radical (unpaired) electrons. The van der Waals surface area contributed by atoms with E-state index in [1.165, 1.54) is 0 Å². The highest BCUT2D eigenvalue weighted by atomic mass is 16.5. The number of hydrogen-bond acceptors (Lipinski definition) is 3. The molecule has 0 aliphatic rings. The largest absolute Gasteiger partial charge is 0.481 e. The molecule has 4 nitrogen and oxygen atoms in total. The normalized spacial score (nSPS) is 12.7. The molecule has 0 aromatic rings. The molecule has 20 heavy (non-hydrogen) atoms. The van der Waals surface area contributed by atoms with Crippen molar-refractivity contribution in [3.8, 4) is 0 Å². The smallest absolute Gasteiger partial charge is 0.303 e. The first-order valence-electron chi connectivity index (χ1n) is 7.83. The number of rotatable bonds is 12. The van der Waals surface area contributed by atoms with E-state index >= 15 is 0 Å². The van der Waals surface area contributed by atoms with Crippen LogP contribution in [0.3, 0.4) is 0 Å². The van der Waals surface area contributed by atoms with E-state index in [0.717, 1.165) is 32.1 Å². The molecule has 0 bridgehead atoms. The summed E-state index contributed by atoms with van der Waals surface area (Å²) < 4.78 is 5.91. The first kappa shape index (κ1) is 19.4. The van der Waals surface area contributed by atoms with E-state index in [1.54, 1.807) is 0 Å². The zero-order valence-electron chi connectivity index (χ0n) is 13.6. The SMILES string of the molecule is CCC(CC)(CCO)COCC(CC)(CC)CC(=O)O. The van der Waals surface area contributed by atoms with E-state index in [-0.39, 0.29) is 23.9 Å². The van der Waals surface area contributed by atoms with E-state index in [2.05, 4.69) is 13.8 Å². The number of carboxylic acids is 1. The Morgan fingerprint density at radius 1 is 0.950 bits per heavy atom. The van der Waals surface area contributed by atoms with Crippen molar-refractivity contribution in [2.75, 3.05) is 19.8 Å². The van der Waals surface area contributed by atoms with E-state index in [9.17, 15) is 9.90 Å². The Morgan fingerprint density at radius 2 is 1.40 bits per heavy atom. The zero-order valence-corrected chi connectivity index (χ0v) is 13.6. The van der Waals surface area contributed by atoms with Crippen molar-refractivity contribution < 1.29 is 19.7 Å². The number of ether oxygens (including phenoxy) is 1. The van der Waals surface area contributed by atoms with Gasteiger partial charge in [-0.05, 0) is 37.5 Å². The van der Waals surface area contributed by atoms with Gasteiger partial charge in [0, 0.05) is 12.0 Å². The van der Waals surface area contributed by atoms with Gasteiger partial charge in [-0.1, -0.05) is 27.7 Å². The summed E-state index contributed by atoms with van der Waals surface area (Å²) in [5.41, 5.74) is -0.247. The Labute approximate surface area is 123 Å². The number of aliphatic carboxylic acids is 1. The third-order valence-electron chi connectivity index (χ3n) is 4.98. The molecule has 0 aliphatic carbocycles. The average molecular weight is 288 g/mol. The quantitative estimate of drug-likeness (QED) is 0.577. The van der Waals surface area contributed by atoms with Gasteiger partial charge in [0.05, 0.1) is 19.6 Å². The molecule has 0 rings (SSSR count). The lowest BCUT2D eigenvalue weighted by atomic mass is 9.79. The molecule has 0 aliphatic heterocycles. The fraction of sp³-hybridized carbons (Fsp3) is 0.938. The molecule has 0 amide bonds. The molecule has 0 aromatic heterocycles. The molecule has 0 heterocycles. The third kappa shape index (κ3) is 5.80. The van der Waals surface area contributed by atoms with Crippen LogP contribution in [0, 0.1) is 10.8 Å². The second-order valence-electron chi connectivity index (χ2n) is 5.95. The summed E-state index contributed by atoms with van der Waals surface area (Å²) in [6, 6.07) is 0. The van der Waals surface area contributed by atoms with Crippen LogP contribution >= 0.6 is 0 Å². The lowest BCUT2D eigenvalue weighted by Gasteiger charge is -2.35. The van der Waals surface area contributed by atoms with Crippen molar-refractivity contribution in [1.29, 1.82) is 0 Å². The Balaban J connectivity index is 4.58. The van der Waals surface area contributed by atoms with Gasteiger partial charge >= 0.3 is 5.97 Å². The highest BCUT2D eigenvalue weighted by molar-refractivity contribution is 5.67. The minimum atomic E-state index is -0.759. The van der Waals surface area contributed by atoms with Crippen LogP contribution in [0.1, 0.15) is 66.2 Å². The number of aliphatic hydroxyl groups is 1. The average Bonchev–Trinajstić information content (AvgIpc) is 2.44. The van der Waals surface area contributed by atoms with Crippen LogP contribution < -0.4 is 0 Å². The summed E-state index contributed by atoms with van der Waals surface area (Å²) in [6.07, 6.45) is 4.44. The summed E-state index contributed by atoms with van der Waals surface area (Å²) in [5.74, 6) is -0.759. The Hall–Kier alpha value is -0.610. The van der Waals surface area contributed by atoms with Gasteiger partial charge in [-0.25, -0.2) is 0 Å². The lowest BCUT2D eigenvalue weighted by molar-refractivity contribution is -0.141. The van der Waals surface area contributed by atoms with Gasteiger partial charge in [0.15, 0.2) is 0 Å². The molecule has 0 spiro atoms. The van der Waals surface area contributed by atoms with Crippen LogP contribution in [0.15, 0.2) is 0 Å². The molecule has 0 aromatic carbocycles. The van der Waals surface area contributed by atoms with Gasteiger partial charge in [0.1, 0.15) is 0 Å². The van der Waals surface area contributed by atoms with Crippen LogP contribution in [0.5, 0.6) is 0 Å². The van der Waals surface area contributed by atoms with Gasteiger partial charge in [0.25, 0.3) is 0 Å². The van der Waals surface area contributed by atoms with E-state index in [4.69, 9.17) is 9.84 Å². The molecular formula is C16H32O4. The summed E-state index contributed by atoms with van der Waals surface area (Å²) in [5, 5.41) is 18.3. The first-order valence-corrected chi connectivity index (χ1v) is 7.83. The third-order valence-corrected chi connectivity index (χ3v) is 4.98. The van der Waals surface area contributed by atoms with Gasteiger partial charge in [-0.15, -0.1) is 0 Å². The Morgan fingerprint density at radius 3 is 1.75 bits per heavy atom. The van der Waals surface area contributed by atoms with Crippen molar-refractivity contribution in [1.82, 2.24) is 0 Å². The number of carbonyl (C=O) groups is 1. The van der Waals surface area contributed by atoms with Crippen molar-refractivity contribution in [3.05, 3.63) is 0 Å². The maximum Gasteiger partial charge on any atom is 0.303 e. The second kappa shape index (κ2) is 9.35. The molecule has 0 saturated carbocycles. The van der Waals surface area contributed by atoms with Crippen LogP contribution in [0.2, 0.25) is 0 Å². The minimum Gasteiger partial charge on any atom is -0.481 e. The van der Waals surface area contributed by atoms with Crippen molar-refractivity contribution in [2.45, 2.75) is 66.2 Å².